The van der Waals surface area contributed by atoms with E-state index in [4.69, 9.17) is 21.1 Å². The SMILES string of the molecule is C.CC(C)Nc1cc(SCc2ccc([C@H]3O[C@@H]4C[C@H]5[C@@H]6C[C@H](F)C7=CC(=O)C=C[C@]7(C)[C@@]6(F)[C@@H](O)C[C@]5(C)[C@]4(C(=O)CO)O3)cc2)ccc1Cl. The lowest BCUT2D eigenvalue weighted by Crippen LogP contribution is -2.70. The van der Waals surface area contributed by atoms with E-state index in [1.165, 1.54) is 12.2 Å². The first-order chi connectivity index (χ1) is 23.2. The number of benzene rings is 2. The third-order valence-electron chi connectivity index (χ3n) is 12.0. The predicted molar refractivity (Wildman–Crippen MR) is 190 cm³/mol. The van der Waals surface area contributed by atoms with Crippen molar-refractivity contribution in [2.24, 2.45) is 22.7 Å². The first kappa shape index (κ1) is 37.2. The molecule has 270 valence electrons. The summed E-state index contributed by atoms with van der Waals surface area (Å²) < 4.78 is 46.5. The molecule has 1 heterocycles. The number of thioether (sulfide) groups is 1. The number of ether oxygens (including phenoxy) is 2. The van der Waals surface area contributed by atoms with Crippen molar-refractivity contribution in [3.8, 4) is 0 Å². The van der Waals surface area contributed by atoms with Gasteiger partial charge in [-0.3, -0.25) is 9.59 Å². The minimum absolute atomic E-state index is 0. The molecule has 3 saturated carbocycles. The van der Waals surface area contributed by atoms with E-state index in [0.717, 1.165) is 22.2 Å². The molecule has 10 atom stereocenters. The highest BCUT2D eigenvalue weighted by Crippen LogP contribution is 2.72. The Kier molecular flexibility index (Phi) is 9.75. The lowest BCUT2D eigenvalue weighted by molar-refractivity contribution is -0.235. The Bertz CT molecular complexity index is 1740. The van der Waals surface area contributed by atoms with Crippen LogP contribution < -0.4 is 5.32 Å². The summed E-state index contributed by atoms with van der Waals surface area (Å²) in [6.07, 6.45) is -1.42. The molecule has 1 aliphatic heterocycles. The minimum atomic E-state index is -2.29. The number of aliphatic hydroxyl groups excluding tert-OH is 2. The third-order valence-corrected chi connectivity index (χ3v) is 13.4. The van der Waals surface area contributed by atoms with Crippen LogP contribution in [0, 0.1) is 22.7 Å². The van der Waals surface area contributed by atoms with E-state index in [-0.39, 0.29) is 38.3 Å². The van der Waals surface area contributed by atoms with E-state index < -0.39 is 76.8 Å². The number of halogens is 3. The molecule has 0 amide bonds. The van der Waals surface area contributed by atoms with Crippen LogP contribution in [0.25, 0.3) is 0 Å². The molecule has 0 radical (unpaired) electrons. The first-order valence-electron chi connectivity index (χ1n) is 16.9. The zero-order valence-corrected chi connectivity index (χ0v) is 29.5. The molecule has 0 spiro atoms. The Hall–Kier alpha value is -2.60. The fraction of sp³-hybridized carbons (Fsp3) is 0.538. The topological polar surface area (TPSA) is 105 Å². The molecular formula is C39H46ClF2NO6S. The van der Waals surface area contributed by atoms with Crippen LogP contribution in [0.2, 0.25) is 5.02 Å². The number of hydrogen-bond acceptors (Lipinski definition) is 8. The molecule has 7 rings (SSSR count). The Morgan fingerprint density at radius 2 is 1.86 bits per heavy atom. The summed E-state index contributed by atoms with van der Waals surface area (Å²) >= 11 is 8.02. The van der Waals surface area contributed by atoms with E-state index >= 15 is 8.78 Å². The van der Waals surface area contributed by atoms with Gasteiger partial charge >= 0.3 is 0 Å². The number of alkyl halides is 2. The van der Waals surface area contributed by atoms with E-state index in [1.54, 1.807) is 25.6 Å². The van der Waals surface area contributed by atoms with Crippen LogP contribution in [0.15, 0.2) is 71.2 Å². The van der Waals surface area contributed by atoms with Gasteiger partial charge < -0.3 is 25.0 Å². The molecule has 2 aromatic rings. The average Bonchev–Trinajstić information content (AvgIpc) is 3.56. The average molecular weight is 730 g/mol. The highest BCUT2D eigenvalue weighted by Gasteiger charge is 2.80. The van der Waals surface area contributed by atoms with Gasteiger partial charge in [0.05, 0.1) is 22.9 Å². The van der Waals surface area contributed by atoms with E-state index in [1.807, 2.05) is 42.5 Å². The van der Waals surface area contributed by atoms with E-state index in [9.17, 15) is 19.8 Å². The number of fused-ring (bicyclic) bond motifs is 7. The summed E-state index contributed by atoms with van der Waals surface area (Å²) in [6, 6.07) is 13.8. The molecule has 11 heteroatoms. The number of anilines is 1. The van der Waals surface area contributed by atoms with Crippen molar-refractivity contribution < 1.29 is 38.1 Å². The molecule has 50 heavy (non-hydrogen) atoms. The van der Waals surface area contributed by atoms with Gasteiger partial charge in [0.15, 0.2) is 29.1 Å². The van der Waals surface area contributed by atoms with Gasteiger partial charge in [-0.05, 0) is 87.4 Å². The van der Waals surface area contributed by atoms with Crippen molar-refractivity contribution in [1.82, 2.24) is 0 Å². The molecule has 3 N–H and O–H groups in total. The number of carbonyl (C=O) groups excluding carboxylic acids is 2. The minimum Gasteiger partial charge on any atom is -0.390 e. The molecule has 1 saturated heterocycles. The van der Waals surface area contributed by atoms with Crippen molar-refractivity contribution in [1.29, 1.82) is 0 Å². The van der Waals surface area contributed by atoms with Crippen LogP contribution in [0.4, 0.5) is 14.5 Å². The number of hydrogen-bond donors (Lipinski definition) is 3. The van der Waals surface area contributed by atoms with Gasteiger partial charge in [-0.1, -0.05) is 56.3 Å². The molecule has 0 aromatic heterocycles. The molecule has 4 aliphatic carbocycles. The summed E-state index contributed by atoms with van der Waals surface area (Å²) in [4.78, 5) is 27.0. The number of nitrogens with one attached hydrogen (secondary N) is 1. The normalized spacial score (nSPS) is 38.4. The number of rotatable bonds is 8. The number of carbonyl (C=O) groups is 2. The molecule has 0 bridgehead atoms. The van der Waals surface area contributed by atoms with Gasteiger partial charge in [-0.2, -0.15) is 0 Å². The van der Waals surface area contributed by atoms with E-state index in [2.05, 4.69) is 19.2 Å². The number of Topliss-reactive ketones (excluding diaryl/α,β-unsaturated/α-hetero) is 1. The fourth-order valence-electron chi connectivity index (χ4n) is 9.67. The lowest BCUT2D eigenvalue weighted by atomic mass is 9.44. The van der Waals surface area contributed by atoms with Gasteiger partial charge in [0.1, 0.15) is 12.8 Å². The van der Waals surface area contributed by atoms with Gasteiger partial charge in [-0.15, -0.1) is 11.8 Å². The zero-order chi connectivity index (χ0) is 35.1. The van der Waals surface area contributed by atoms with Crippen LogP contribution in [0.1, 0.15) is 71.8 Å². The van der Waals surface area contributed by atoms with Crippen LogP contribution in [0.5, 0.6) is 0 Å². The third kappa shape index (κ3) is 5.35. The number of ketones is 2. The summed E-state index contributed by atoms with van der Waals surface area (Å²) in [7, 11) is 0. The monoisotopic (exact) mass is 729 g/mol. The van der Waals surface area contributed by atoms with Crippen molar-refractivity contribution in [2.45, 2.75) is 107 Å². The van der Waals surface area contributed by atoms with Crippen molar-refractivity contribution in [3.05, 3.63) is 82.4 Å². The van der Waals surface area contributed by atoms with Gasteiger partial charge in [0.2, 0.25) is 0 Å². The maximum atomic E-state index is 17.6. The Morgan fingerprint density at radius 3 is 2.54 bits per heavy atom. The standard InChI is InChI=1S/C38H42ClF2NO6S.CH4/c1-20(2)42-30-14-24(9-10-28(30)39)49-19-21-5-7-22(8-6-21)34-47-33-16-25-26-15-29(40)27-13-23(44)11-12-35(27,3)37(26,41)31(45)17-36(25,4)38(33,48-34)32(46)18-43;/h5-14,20,25-26,29,31,33-34,42-43,45H,15-19H2,1-4H3;1H4/t25-,26-,29-,31-,33+,34-,35-,36-,37-,38+;/m0./s1. The van der Waals surface area contributed by atoms with E-state index in [0.29, 0.717) is 16.3 Å². The van der Waals surface area contributed by atoms with Crippen molar-refractivity contribution in [3.63, 3.8) is 0 Å². The van der Waals surface area contributed by atoms with Crippen LogP contribution in [0.3, 0.4) is 0 Å². The van der Waals surface area contributed by atoms with Crippen molar-refractivity contribution >= 4 is 40.6 Å². The van der Waals surface area contributed by atoms with Gasteiger partial charge in [0.25, 0.3) is 0 Å². The molecule has 7 nitrogen and oxygen atoms in total. The molecule has 5 aliphatic rings. The van der Waals surface area contributed by atoms with Gasteiger partial charge in [-0.25, -0.2) is 8.78 Å². The second-order valence-corrected chi connectivity index (χ2v) is 16.4. The quantitative estimate of drug-likeness (QED) is 0.237. The predicted octanol–water partition coefficient (Wildman–Crippen LogP) is 7.73. The summed E-state index contributed by atoms with van der Waals surface area (Å²) in [5.41, 5.74) is -4.02. The second-order valence-electron chi connectivity index (χ2n) is 15.0. The maximum Gasteiger partial charge on any atom is 0.193 e. The first-order valence-corrected chi connectivity index (χ1v) is 18.3. The maximum absolute atomic E-state index is 17.6. The van der Waals surface area contributed by atoms with Crippen LogP contribution in [-0.4, -0.2) is 64.1 Å². The largest absolute Gasteiger partial charge is 0.390 e. The Labute approximate surface area is 301 Å². The Balaban J connectivity index is 0.00000432. The van der Waals surface area contributed by atoms with Crippen LogP contribution >= 0.6 is 23.4 Å². The van der Waals surface area contributed by atoms with Crippen molar-refractivity contribution in [2.75, 3.05) is 11.9 Å². The Morgan fingerprint density at radius 1 is 1.14 bits per heavy atom. The molecular weight excluding hydrogens is 684 g/mol. The summed E-state index contributed by atoms with van der Waals surface area (Å²) in [5.74, 6) is -1.92. The lowest BCUT2D eigenvalue weighted by Gasteiger charge is -2.63. The number of allylic oxidation sites excluding steroid dienone is 4. The molecule has 2 aromatic carbocycles. The smallest absolute Gasteiger partial charge is 0.193 e. The van der Waals surface area contributed by atoms with Crippen LogP contribution in [-0.2, 0) is 24.8 Å². The zero-order valence-electron chi connectivity index (χ0n) is 27.9. The molecule has 0 unspecified atom stereocenters. The van der Waals surface area contributed by atoms with Gasteiger partial charge in [0, 0.05) is 39.0 Å². The fourth-order valence-corrected chi connectivity index (χ4v) is 10.7. The molecule has 4 fully saturated rings. The number of aliphatic hydroxyl groups is 2. The second kappa shape index (κ2) is 13.1. The highest BCUT2D eigenvalue weighted by atomic mass is 35.5. The highest BCUT2D eigenvalue weighted by molar-refractivity contribution is 7.98. The summed E-state index contributed by atoms with van der Waals surface area (Å²) in [6.45, 7) is 6.60. The summed E-state index contributed by atoms with van der Waals surface area (Å²) in [5, 5.41) is 26.0.